The summed E-state index contributed by atoms with van der Waals surface area (Å²) in [6.07, 6.45) is 23.8. The van der Waals surface area contributed by atoms with Crippen LogP contribution in [0.3, 0.4) is 0 Å². The highest BCUT2D eigenvalue weighted by molar-refractivity contribution is 5.38. The van der Waals surface area contributed by atoms with E-state index < -0.39 is 0 Å². The van der Waals surface area contributed by atoms with Crippen molar-refractivity contribution in [1.29, 1.82) is 0 Å². The van der Waals surface area contributed by atoms with E-state index >= 15 is 0 Å². The molecule has 0 amide bonds. The van der Waals surface area contributed by atoms with Crippen molar-refractivity contribution in [1.82, 2.24) is 9.97 Å². The fraction of sp³-hybridized carbons (Fsp3) is 0.750. The third-order valence-electron chi connectivity index (χ3n) is 5.36. The summed E-state index contributed by atoms with van der Waals surface area (Å²) in [5.41, 5.74) is 2.02. The first kappa shape index (κ1) is 22.7. The lowest BCUT2D eigenvalue weighted by Crippen LogP contribution is -1.88. The molecule has 158 valence electrons. The van der Waals surface area contributed by atoms with E-state index in [1.54, 1.807) is 12.5 Å². The fourth-order valence-corrected chi connectivity index (χ4v) is 3.57. The van der Waals surface area contributed by atoms with Crippen molar-refractivity contribution in [3.63, 3.8) is 0 Å². The van der Waals surface area contributed by atoms with Gasteiger partial charge in [0, 0.05) is 0 Å². The number of rotatable bonds is 17. The minimum Gasteiger partial charge on any atom is -0.441 e. The predicted molar refractivity (Wildman–Crippen MR) is 115 cm³/mol. The van der Waals surface area contributed by atoms with Gasteiger partial charge in [0.05, 0.1) is 11.4 Å². The van der Waals surface area contributed by atoms with Gasteiger partial charge in [-0.1, -0.05) is 90.9 Å². The molecule has 0 radical (unpaired) electrons. The zero-order chi connectivity index (χ0) is 19.9. The molecule has 0 bridgehead atoms. The molecular weight excluding hydrogens is 348 g/mol. The molecule has 4 nitrogen and oxygen atoms in total. The van der Waals surface area contributed by atoms with Gasteiger partial charge in [-0.25, -0.2) is 9.97 Å². The van der Waals surface area contributed by atoms with Crippen molar-refractivity contribution in [3.8, 4) is 11.8 Å². The molecule has 2 heterocycles. The van der Waals surface area contributed by atoms with E-state index in [0.29, 0.717) is 11.8 Å². The molecule has 0 unspecified atom stereocenters. The molecule has 2 aromatic heterocycles. The second kappa shape index (κ2) is 14.4. The van der Waals surface area contributed by atoms with E-state index in [9.17, 15) is 0 Å². The Morgan fingerprint density at radius 3 is 1.29 bits per heavy atom. The Labute approximate surface area is 171 Å². The minimum absolute atomic E-state index is 0.517. The number of hydrogen-bond donors (Lipinski definition) is 0. The summed E-state index contributed by atoms with van der Waals surface area (Å²) < 4.78 is 11.2. The van der Waals surface area contributed by atoms with E-state index in [0.717, 1.165) is 24.2 Å². The Bertz CT molecular complexity index is 563. The Morgan fingerprint density at radius 2 is 0.893 bits per heavy atom. The lowest BCUT2D eigenvalue weighted by molar-refractivity contribution is 0.509. The molecule has 4 heteroatoms. The monoisotopic (exact) mass is 388 g/mol. The number of nitrogens with zero attached hydrogens (tertiary/aromatic N) is 2. The van der Waals surface area contributed by atoms with Crippen LogP contribution in [0.1, 0.15) is 115 Å². The van der Waals surface area contributed by atoms with Crippen molar-refractivity contribution in [2.45, 2.75) is 117 Å². The first-order valence-corrected chi connectivity index (χ1v) is 11.7. The first-order valence-electron chi connectivity index (χ1n) is 11.7. The Morgan fingerprint density at radius 1 is 0.536 bits per heavy atom. The quantitative estimate of drug-likeness (QED) is 0.258. The average Bonchev–Trinajstić information content (AvgIpc) is 3.36. The molecule has 0 aliphatic heterocycles. The van der Waals surface area contributed by atoms with Gasteiger partial charge in [-0.05, 0) is 25.7 Å². The maximum absolute atomic E-state index is 5.59. The smallest absolute Gasteiger partial charge is 0.283 e. The maximum atomic E-state index is 5.59. The van der Waals surface area contributed by atoms with Crippen LogP contribution in [0, 0.1) is 0 Å². The Balaban J connectivity index is 1.62. The second-order valence-electron chi connectivity index (χ2n) is 8.03. The van der Waals surface area contributed by atoms with Crippen LogP contribution in [0.15, 0.2) is 21.4 Å². The second-order valence-corrected chi connectivity index (χ2v) is 8.03. The molecule has 2 aromatic rings. The highest BCUT2D eigenvalue weighted by Crippen LogP contribution is 2.20. The molecule has 28 heavy (non-hydrogen) atoms. The number of hydrogen-bond acceptors (Lipinski definition) is 4. The summed E-state index contributed by atoms with van der Waals surface area (Å²) in [6, 6.07) is 0. The van der Waals surface area contributed by atoms with Crippen molar-refractivity contribution < 1.29 is 8.83 Å². The normalized spacial score (nSPS) is 11.4. The summed E-state index contributed by atoms with van der Waals surface area (Å²) in [5, 5.41) is 0. The minimum atomic E-state index is 0.517. The molecule has 0 fully saturated rings. The molecule has 0 atom stereocenters. The predicted octanol–water partition coefficient (Wildman–Crippen LogP) is 7.92. The molecule has 0 aromatic carbocycles. The lowest BCUT2D eigenvalue weighted by atomic mass is 10.1. The molecule has 2 rings (SSSR count). The lowest BCUT2D eigenvalue weighted by Gasteiger charge is -1.99. The van der Waals surface area contributed by atoms with Gasteiger partial charge in [0.25, 0.3) is 11.8 Å². The van der Waals surface area contributed by atoms with Gasteiger partial charge in [-0.3, -0.25) is 0 Å². The van der Waals surface area contributed by atoms with Gasteiger partial charge in [0.1, 0.15) is 12.5 Å². The van der Waals surface area contributed by atoms with Crippen LogP contribution >= 0.6 is 0 Å². The van der Waals surface area contributed by atoms with Crippen LogP contribution in [0.5, 0.6) is 0 Å². The third-order valence-corrected chi connectivity index (χ3v) is 5.36. The summed E-state index contributed by atoms with van der Waals surface area (Å²) in [6.45, 7) is 4.52. The van der Waals surface area contributed by atoms with Gasteiger partial charge in [-0.2, -0.15) is 0 Å². The standard InChI is InChI=1S/C24H40N2O2/c1-3-5-7-9-11-13-15-17-21-19-27-23(25-21)24-26-22(20-28-24)18-16-14-12-10-8-6-4-2/h19-20H,3-18H2,1-2H3. The van der Waals surface area contributed by atoms with Crippen molar-refractivity contribution in [2.24, 2.45) is 0 Å². The van der Waals surface area contributed by atoms with Gasteiger partial charge in [-0.15, -0.1) is 0 Å². The van der Waals surface area contributed by atoms with Gasteiger partial charge >= 0.3 is 0 Å². The van der Waals surface area contributed by atoms with Gasteiger partial charge in [0.2, 0.25) is 0 Å². The van der Waals surface area contributed by atoms with E-state index in [1.165, 1.54) is 89.9 Å². The van der Waals surface area contributed by atoms with E-state index in [-0.39, 0.29) is 0 Å². The van der Waals surface area contributed by atoms with Crippen molar-refractivity contribution >= 4 is 0 Å². The molecule has 0 aliphatic rings. The molecule has 0 saturated heterocycles. The van der Waals surface area contributed by atoms with Crippen LogP contribution in [0.4, 0.5) is 0 Å². The van der Waals surface area contributed by atoms with Crippen LogP contribution < -0.4 is 0 Å². The SMILES string of the molecule is CCCCCCCCCc1coc(-c2nc(CCCCCCCCC)co2)n1. The topological polar surface area (TPSA) is 52.1 Å². The third kappa shape index (κ3) is 9.07. The first-order chi connectivity index (χ1) is 13.8. The molecule has 0 spiro atoms. The van der Waals surface area contributed by atoms with E-state index in [2.05, 4.69) is 23.8 Å². The summed E-state index contributed by atoms with van der Waals surface area (Å²) in [7, 11) is 0. The summed E-state index contributed by atoms with van der Waals surface area (Å²) >= 11 is 0. The zero-order valence-corrected chi connectivity index (χ0v) is 18.2. The molecular formula is C24H40N2O2. The zero-order valence-electron chi connectivity index (χ0n) is 18.2. The van der Waals surface area contributed by atoms with E-state index in [4.69, 9.17) is 8.83 Å². The highest BCUT2D eigenvalue weighted by atomic mass is 16.4. The van der Waals surface area contributed by atoms with Gasteiger partial charge < -0.3 is 8.83 Å². The van der Waals surface area contributed by atoms with Gasteiger partial charge in [0.15, 0.2) is 0 Å². The van der Waals surface area contributed by atoms with Crippen molar-refractivity contribution in [2.75, 3.05) is 0 Å². The van der Waals surface area contributed by atoms with Crippen LogP contribution in [0.2, 0.25) is 0 Å². The summed E-state index contributed by atoms with van der Waals surface area (Å²) in [4.78, 5) is 9.11. The van der Waals surface area contributed by atoms with Crippen LogP contribution in [-0.2, 0) is 12.8 Å². The number of oxazole rings is 2. The number of unbranched alkanes of at least 4 members (excludes halogenated alkanes) is 12. The average molecular weight is 389 g/mol. The van der Waals surface area contributed by atoms with Crippen LogP contribution in [0.25, 0.3) is 11.8 Å². The molecule has 0 saturated carbocycles. The van der Waals surface area contributed by atoms with Crippen molar-refractivity contribution in [3.05, 3.63) is 23.9 Å². The van der Waals surface area contributed by atoms with E-state index in [1.807, 2.05) is 0 Å². The fourth-order valence-electron chi connectivity index (χ4n) is 3.57. The number of aromatic nitrogens is 2. The molecule has 0 N–H and O–H groups in total. The largest absolute Gasteiger partial charge is 0.441 e. The molecule has 0 aliphatic carbocycles. The Hall–Kier alpha value is -1.58. The highest BCUT2D eigenvalue weighted by Gasteiger charge is 2.13. The maximum Gasteiger partial charge on any atom is 0.283 e. The summed E-state index contributed by atoms with van der Waals surface area (Å²) in [5.74, 6) is 1.03. The van der Waals surface area contributed by atoms with Crippen LogP contribution in [-0.4, -0.2) is 9.97 Å². The Kier molecular flexibility index (Phi) is 11.7. The number of aryl methyl sites for hydroxylation is 2.